The number of nitrogens with zero attached hydrogens (tertiary/aromatic N) is 2. The van der Waals surface area contributed by atoms with Crippen molar-refractivity contribution in [3.63, 3.8) is 0 Å². The summed E-state index contributed by atoms with van der Waals surface area (Å²) in [6, 6.07) is 5.99. The molecule has 6 nitrogen and oxygen atoms in total. The van der Waals surface area contributed by atoms with Crippen LogP contribution in [-0.2, 0) is 12.7 Å². The minimum Gasteiger partial charge on any atom is -0.454 e. The second-order valence-electron chi connectivity index (χ2n) is 6.18. The maximum absolute atomic E-state index is 13.1. The quantitative estimate of drug-likeness (QED) is 0.708. The summed E-state index contributed by atoms with van der Waals surface area (Å²) in [4.78, 5) is 16.8. The molecule has 0 bridgehead atoms. The Hall–Kier alpha value is -2.94. The number of aromatic nitrogens is 2. The molecule has 28 heavy (non-hydrogen) atoms. The fourth-order valence-electron chi connectivity index (χ4n) is 2.96. The van der Waals surface area contributed by atoms with Gasteiger partial charge in [-0.2, -0.15) is 13.2 Å². The normalized spacial score (nSPS) is 13.2. The summed E-state index contributed by atoms with van der Waals surface area (Å²) in [6.07, 6.45) is -3.78. The maximum Gasteiger partial charge on any atom is 0.417 e. The Kier molecular flexibility index (Phi) is 4.34. The number of halogens is 4. The van der Waals surface area contributed by atoms with E-state index in [1.54, 1.807) is 18.2 Å². The molecule has 3 heterocycles. The Morgan fingerprint density at radius 3 is 2.79 bits per heavy atom. The van der Waals surface area contributed by atoms with Crippen LogP contribution in [0.15, 0.2) is 30.5 Å². The van der Waals surface area contributed by atoms with E-state index in [-0.39, 0.29) is 35.4 Å². The third-order valence-corrected chi connectivity index (χ3v) is 4.56. The molecular formula is C18H13ClF3N3O3. The molecule has 1 aromatic carbocycles. The van der Waals surface area contributed by atoms with E-state index in [2.05, 4.69) is 10.3 Å². The Bertz CT molecular complexity index is 1100. The topological polar surface area (TPSA) is 64.9 Å². The summed E-state index contributed by atoms with van der Waals surface area (Å²) >= 11 is 5.94. The molecule has 146 valence electrons. The van der Waals surface area contributed by atoms with Crippen LogP contribution in [0.4, 0.5) is 13.2 Å². The number of aryl methyl sites for hydroxylation is 1. The monoisotopic (exact) mass is 411 g/mol. The third kappa shape index (κ3) is 3.22. The number of nitrogens with one attached hydrogen (secondary N) is 1. The zero-order chi connectivity index (χ0) is 20.1. The van der Waals surface area contributed by atoms with Crippen molar-refractivity contribution in [2.75, 3.05) is 6.79 Å². The number of alkyl halides is 3. The van der Waals surface area contributed by atoms with Crippen molar-refractivity contribution in [3.05, 3.63) is 58.0 Å². The number of amides is 1. The molecule has 4 rings (SSSR count). The second kappa shape index (κ2) is 6.59. The lowest BCUT2D eigenvalue weighted by Gasteiger charge is -2.10. The van der Waals surface area contributed by atoms with Crippen molar-refractivity contribution in [2.45, 2.75) is 19.6 Å². The number of carbonyl (C=O) groups excluding carboxylic acids is 1. The van der Waals surface area contributed by atoms with Crippen molar-refractivity contribution < 1.29 is 27.4 Å². The van der Waals surface area contributed by atoms with Gasteiger partial charge in [-0.05, 0) is 30.7 Å². The van der Waals surface area contributed by atoms with Crippen LogP contribution in [0, 0.1) is 6.92 Å². The minimum absolute atomic E-state index is 0.0104. The zero-order valence-electron chi connectivity index (χ0n) is 14.4. The van der Waals surface area contributed by atoms with E-state index < -0.39 is 17.6 Å². The first-order chi connectivity index (χ1) is 13.2. The average Bonchev–Trinajstić information content (AvgIpc) is 3.22. The number of ether oxygens (including phenoxy) is 2. The Morgan fingerprint density at radius 2 is 2.04 bits per heavy atom. The first kappa shape index (κ1) is 18.4. The standard InChI is InChI=1S/C18H13ClF3N3O3/c1-9-15(25-7-11(18(20,21)22)5-12(19)16(25)24-9)17(26)23-6-10-2-3-13-14(4-10)28-8-27-13/h2-5,7H,6,8H2,1H3,(H,23,26). The largest absolute Gasteiger partial charge is 0.454 e. The average molecular weight is 412 g/mol. The molecule has 0 unspecified atom stereocenters. The lowest BCUT2D eigenvalue weighted by atomic mass is 10.2. The third-order valence-electron chi connectivity index (χ3n) is 4.28. The second-order valence-corrected chi connectivity index (χ2v) is 6.59. The number of hydrogen-bond donors (Lipinski definition) is 1. The van der Waals surface area contributed by atoms with Gasteiger partial charge in [-0.15, -0.1) is 0 Å². The number of rotatable bonds is 3. The van der Waals surface area contributed by atoms with Gasteiger partial charge in [-0.3, -0.25) is 9.20 Å². The van der Waals surface area contributed by atoms with Gasteiger partial charge in [-0.25, -0.2) is 4.98 Å². The number of hydrogen-bond acceptors (Lipinski definition) is 4. The molecule has 1 aliphatic heterocycles. The molecule has 10 heteroatoms. The van der Waals surface area contributed by atoms with Gasteiger partial charge in [0.05, 0.1) is 16.3 Å². The Labute approximate surface area is 161 Å². The van der Waals surface area contributed by atoms with Gasteiger partial charge < -0.3 is 14.8 Å². The molecule has 1 amide bonds. The highest BCUT2D eigenvalue weighted by Gasteiger charge is 2.33. The Morgan fingerprint density at radius 1 is 1.29 bits per heavy atom. The molecular weight excluding hydrogens is 399 g/mol. The van der Waals surface area contributed by atoms with Gasteiger partial charge >= 0.3 is 6.18 Å². The lowest BCUT2D eigenvalue weighted by Crippen LogP contribution is -2.25. The summed E-state index contributed by atoms with van der Waals surface area (Å²) in [5, 5.41) is 2.50. The van der Waals surface area contributed by atoms with E-state index in [9.17, 15) is 18.0 Å². The summed E-state index contributed by atoms with van der Waals surface area (Å²) in [5.74, 6) is 0.611. The van der Waals surface area contributed by atoms with Gasteiger partial charge in [-0.1, -0.05) is 17.7 Å². The van der Waals surface area contributed by atoms with Crippen molar-refractivity contribution in [3.8, 4) is 11.5 Å². The zero-order valence-corrected chi connectivity index (χ0v) is 15.2. The van der Waals surface area contributed by atoms with Gasteiger partial charge in [0, 0.05) is 12.7 Å². The minimum atomic E-state index is -4.60. The van der Waals surface area contributed by atoms with Crippen LogP contribution in [0.1, 0.15) is 27.3 Å². The highest BCUT2D eigenvalue weighted by atomic mass is 35.5. The highest BCUT2D eigenvalue weighted by molar-refractivity contribution is 6.33. The summed E-state index contributed by atoms with van der Waals surface area (Å²) < 4.78 is 50.9. The molecule has 0 saturated heterocycles. The number of fused-ring (bicyclic) bond motifs is 2. The van der Waals surface area contributed by atoms with Crippen molar-refractivity contribution in [2.24, 2.45) is 0 Å². The molecule has 3 aromatic rings. The molecule has 1 aliphatic rings. The van der Waals surface area contributed by atoms with Crippen molar-refractivity contribution in [1.29, 1.82) is 0 Å². The number of pyridine rings is 1. The molecule has 2 aromatic heterocycles. The van der Waals surface area contributed by atoms with Crippen LogP contribution >= 0.6 is 11.6 Å². The predicted molar refractivity (Wildman–Crippen MR) is 93.7 cm³/mol. The van der Waals surface area contributed by atoms with E-state index >= 15 is 0 Å². The van der Waals surface area contributed by atoms with E-state index in [1.165, 1.54) is 6.92 Å². The first-order valence-electron chi connectivity index (χ1n) is 8.16. The molecule has 0 saturated carbocycles. The van der Waals surface area contributed by atoms with Crippen LogP contribution < -0.4 is 14.8 Å². The van der Waals surface area contributed by atoms with Gasteiger partial charge in [0.15, 0.2) is 17.1 Å². The summed E-state index contributed by atoms with van der Waals surface area (Å²) in [5.41, 5.74) is 0.124. The molecule has 0 spiro atoms. The van der Waals surface area contributed by atoms with E-state index in [0.29, 0.717) is 11.5 Å². The van der Waals surface area contributed by atoms with E-state index in [1.807, 2.05) is 0 Å². The smallest absolute Gasteiger partial charge is 0.417 e. The van der Waals surface area contributed by atoms with Crippen molar-refractivity contribution in [1.82, 2.24) is 14.7 Å². The molecule has 0 radical (unpaired) electrons. The molecule has 0 aliphatic carbocycles. The van der Waals surface area contributed by atoms with Gasteiger partial charge in [0.1, 0.15) is 5.69 Å². The van der Waals surface area contributed by atoms with E-state index in [0.717, 1.165) is 22.2 Å². The van der Waals surface area contributed by atoms with Gasteiger partial charge in [0.2, 0.25) is 6.79 Å². The maximum atomic E-state index is 13.1. The summed E-state index contributed by atoms with van der Waals surface area (Å²) in [6.45, 7) is 1.81. The van der Waals surface area contributed by atoms with Crippen LogP contribution in [0.3, 0.4) is 0 Å². The lowest BCUT2D eigenvalue weighted by molar-refractivity contribution is -0.137. The predicted octanol–water partition coefficient (Wildman–Crippen LogP) is 3.97. The van der Waals surface area contributed by atoms with Crippen LogP contribution in [-0.4, -0.2) is 22.1 Å². The van der Waals surface area contributed by atoms with E-state index in [4.69, 9.17) is 21.1 Å². The number of imidazole rings is 1. The fourth-order valence-corrected chi connectivity index (χ4v) is 3.21. The van der Waals surface area contributed by atoms with Crippen molar-refractivity contribution >= 4 is 23.2 Å². The van der Waals surface area contributed by atoms with Crippen LogP contribution in [0.2, 0.25) is 5.02 Å². The molecule has 1 N–H and O–H groups in total. The number of carbonyl (C=O) groups is 1. The molecule has 0 fully saturated rings. The molecule has 0 atom stereocenters. The first-order valence-corrected chi connectivity index (χ1v) is 8.54. The van der Waals surface area contributed by atoms with Gasteiger partial charge in [0.25, 0.3) is 5.91 Å². The SMILES string of the molecule is Cc1nc2c(Cl)cc(C(F)(F)F)cn2c1C(=O)NCc1ccc2c(c1)OCO2. The summed E-state index contributed by atoms with van der Waals surface area (Å²) in [7, 11) is 0. The van der Waals surface area contributed by atoms with Crippen LogP contribution in [0.5, 0.6) is 11.5 Å². The number of benzene rings is 1. The highest BCUT2D eigenvalue weighted by Crippen LogP contribution is 2.34. The Balaban J connectivity index is 1.63. The fraction of sp³-hybridized carbons (Fsp3) is 0.222. The van der Waals surface area contributed by atoms with Crippen LogP contribution in [0.25, 0.3) is 5.65 Å².